The highest BCUT2D eigenvalue weighted by Gasteiger charge is 2.28. The van der Waals surface area contributed by atoms with Gasteiger partial charge in [-0.2, -0.15) is 0 Å². The highest BCUT2D eigenvalue weighted by molar-refractivity contribution is 7.22. The SMILES string of the molecule is CC1(CNc2ccc(CCNc3nc4ccccc4s3)cc2)CCCC1. The maximum absolute atomic E-state index is 4.62. The fourth-order valence-corrected chi connectivity index (χ4v) is 4.66. The van der Waals surface area contributed by atoms with Gasteiger partial charge in [0.15, 0.2) is 5.13 Å². The van der Waals surface area contributed by atoms with Crippen LogP contribution in [0.5, 0.6) is 0 Å². The first-order valence-electron chi connectivity index (χ1n) is 9.63. The Morgan fingerprint density at radius 3 is 2.54 bits per heavy atom. The van der Waals surface area contributed by atoms with Crippen LogP contribution in [0.4, 0.5) is 10.8 Å². The normalized spacial score (nSPS) is 16.0. The number of thiazole rings is 1. The van der Waals surface area contributed by atoms with Gasteiger partial charge >= 0.3 is 0 Å². The van der Waals surface area contributed by atoms with Crippen LogP contribution in [-0.2, 0) is 6.42 Å². The van der Waals surface area contributed by atoms with Crippen molar-refractivity contribution in [2.45, 2.75) is 39.0 Å². The predicted molar refractivity (Wildman–Crippen MR) is 113 cm³/mol. The van der Waals surface area contributed by atoms with Gasteiger partial charge in [-0.3, -0.25) is 0 Å². The van der Waals surface area contributed by atoms with Gasteiger partial charge in [-0.15, -0.1) is 0 Å². The van der Waals surface area contributed by atoms with Crippen molar-refractivity contribution >= 4 is 32.4 Å². The highest BCUT2D eigenvalue weighted by Crippen LogP contribution is 2.37. The maximum atomic E-state index is 4.62. The molecule has 0 spiro atoms. The third-order valence-corrected chi connectivity index (χ3v) is 6.46. The Morgan fingerprint density at radius 2 is 1.77 bits per heavy atom. The van der Waals surface area contributed by atoms with Crippen molar-refractivity contribution in [2.75, 3.05) is 23.7 Å². The number of benzene rings is 2. The summed E-state index contributed by atoms with van der Waals surface area (Å²) >= 11 is 1.72. The Labute approximate surface area is 159 Å². The number of anilines is 2. The van der Waals surface area contributed by atoms with Gasteiger partial charge in [0, 0.05) is 18.8 Å². The summed E-state index contributed by atoms with van der Waals surface area (Å²) in [6.45, 7) is 4.41. The maximum Gasteiger partial charge on any atom is 0.183 e. The molecule has 1 aliphatic carbocycles. The van der Waals surface area contributed by atoms with Gasteiger partial charge in [-0.05, 0) is 54.5 Å². The summed E-state index contributed by atoms with van der Waals surface area (Å²) in [7, 11) is 0. The smallest absolute Gasteiger partial charge is 0.183 e. The standard InChI is InChI=1S/C22H27N3S/c1-22(13-4-5-14-22)16-24-18-10-8-17(9-11-18)12-15-23-21-25-19-6-2-3-7-20(19)26-21/h2-3,6-11,24H,4-5,12-16H2,1H3,(H,23,25). The molecule has 4 heteroatoms. The number of hydrogen-bond donors (Lipinski definition) is 2. The molecule has 1 heterocycles. The molecule has 2 aromatic carbocycles. The molecule has 1 aromatic heterocycles. The third-order valence-electron chi connectivity index (χ3n) is 5.47. The molecule has 1 fully saturated rings. The van der Waals surface area contributed by atoms with Crippen LogP contribution in [0.2, 0.25) is 0 Å². The molecule has 0 aliphatic heterocycles. The van der Waals surface area contributed by atoms with E-state index in [1.165, 1.54) is 41.6 Å². The minimum absolute atomic E-state index is 0.486. The molecule has 1 saturated carbocycles. The van der Waals surface area contributed by atoms with Crippen LogP contribution in [0, 0.1) is 5.41 Å². The number of aromatic nitrogens is 1. The summed E-state index contributed by atoms with van der Waals surface area (Å²) in [5, 5.41) is 8.09. The molecule has 3 aromatic rings. The van der Waals surface area contributed by atoms with Gasteiger partial charge in [-0.1, -0.05) is 55.4 Å². The van der Waals surface area contributed by atoms with Crippen molar-refractivity contribution in [1.29, 1.82) is 0 Å². The van der Waals surface area contributed by atoms with Crippen LogP contribution < -0.4 is 10.6 Å². The second-order valence-electron chi connectivity index (χ2n) is 7.73. The number of rotatable bonds is 7. The van der Waals surface area contributed by atoms with Crippen LogP contribution in [0.25, 0.3) is 10.2 Å². The Kier molecular flexibility index (Phi) is 5.11. The van der Waals surface area contributed by atoms with Gasteiger partial charge < -0.3 is 10.6 Å². The van der Waals surface area contributed by atoms with Gasteiger partial charge in [-0.25, -0.2) is 4.98 Å². The average molecular weight is 366 g/mol. The Morgan fingerprint density at radius 1 is 1.00 bits per heavy atom. The largest absolute Gasteiger partial charge is 0.384 e. The van der Waals surface area contributed by atoms with Crippen LogP contribution >= 0.6 is 11.3 Å². The molecule has 0 atom stereocenters. The lowest BCUT2D eigenvalue weighted by Gasteiger charge is -2.24. The molecule has 136 valence electrons. The first-order chi connectivity index (χ1) is 12.7. The summed E-state index contributed by atoms with van der Waals surface area (Å²) in [4.78, 5) is 4.62. The molecular formula is C22H27N3S. The van der Waals surface area contributed by atoms with E-state index in [-0.39, 0.29) is 0 Å². The van der Waals surface area contributed by atoms with Crippen LogP contribution in [0.3, 0.4) is 0 Å². The molecule has 26 heavy (non-hydrogen) atoms. The van der Waals surface area contributed by atoms with Gasteiger partial charge in [0.25, 0.3) is 0 Å². The molecule has 4 rings (SSSR count). The molecular weight excluding hydrogens is 338 g/mol. The fraction of sp³-hybridized carbons (Fsp3) is 0.409. The zero-order valence-corrected chi connectivity index (χ0v) is 16.2. The van der Waals surface area contributed by atoms with Crippen molar-refractivity contribution in [2.24, 2.45) is 5.41 Å². The Bertz CT molecular complexity index is 814. The second-order valence-corrected chi connectivity index (χ2v) is 8.76. The van der Waals surface area contributed by atoms with Crippen molar-refractivity contribution in [1.82, 2.24) is 4.98 Å². The number of fused-ring (bicyclic) bond motifs is 1. The second kappa shape index (κ2) is 7.67. The fourth-order valence-electron chi connectivity index (χ4n) is 3.77. The monoisotopic (exact) mass is 365 g/mol. The van der Waals surface area contributed by atoms with E-state index >= 15 is 0 Å². The van der Waals surface area contributed by atoms with E-state index in [2.05, 4.69) is 65.0 Å². The summed E-state index contributed by atoms with van der Waals surface area (Å²) < 4.78 is 1.24. The van der Waals surface area contributed by atoms with E-state index in [4.69, 9.17) is 0 Å². The summed E-state index contributed by atoms with van der Waals surface area (Å²) in [5.41, 5.74) is 4.16. The van der Waals surface area contributed by atoms with Gasteiger partial charge in [0.2, 0.25) is 0 Å². The first-order valence-corrected chi connectivity index (χ1v) is 10.4. The van der Waals surface area contributed by atoms with E-state index < -0.39 is 0 Å². The molecule has 0 bridgehead atoms. The molecule has 2 N–H and O–H groups in total. The number of hydrogen-bond acceptors (Lipinski definition) is 4. The summed E-state index contributed by atoms with van der Waals surface area (Å²) in [6, 6.07) is 17.2. The van der Waals surface area contributed by atoms with Crippen molar-refractivity contribution < 1.29 is 0 Å². The first kappa shape index (κ1) is 17.3. The summed E-state index contributed by atoms with van der Waals surface area (Å²) in [5.74, 6) is 0. The van der Waals surface area contributed by atoms with E-state index in [9.17, 15) is 0 Å². The molecule has 3 nitrogen and oxygen atoms in total. The van der Waals surface area contributed by atoms with Crippen molar-refractivity contribution in [3.8, 4) is 0 Å². The minimum Gasteiger partial charge on any atom is -0.384 e. The Balaban J connectivity index is 1.26. The molecule has 1 aliphatic rings. The van der Waals surface area contributed by atoms with E-state index in [0.717, 1.165) is 30.2 Å². The minimum atomic E-state index is 0.486. The van der Waals surface area contributed by atoms with E-state index in [0.29, 0.717) is 5.41 Å². The van der Waals surface area contributed by atoms with E-state index in [1.807, 2.05) is 6.07 Å². The van der Waals surface area contributed by atoms with Crippen molar-refractivity contribution in [3.05, 3.63) is 54.1 Å². The molecule has 0 amide bonds. The number of para-hydroxylation sites is 1. The quantitative estimate of drug-likeness (QED) is 0.544. The van der Waals surface area contributed by atoms with Gasteiger partial charge in [0.1, 0.15) is 0 Å². The average Bonchev–Trinajstić information content (AvgIpc) is 3.27. The lowest BCUT2D eigenvalue weighted by molar-refractivity contribution is 0.362. The predicted octanol–water partition coefficient (Wildman–Crippen LogP) is 5.94. The third kappa shape index (κ3) is 4.18. The van der Waals surface area contributed by atoms with Crippen LogP contribution in [0.15, 0.2) is 48.5 Å². The van der Waals surface area contributed by atoms with E-state index in [1.54, 1.807) is 11.3 Å². The van der Waals surface area contributed by atoms with Crippen LogP contribution in [-0.4, -0.2) is 18.1 Å². The summed E-state index contributed by atoms with van der Waals surface area (Å²) in [6.07, 6.45) is 6.50. The number of nitrogens with zero attached hydrogens (tertiary/aromatic N) is 1. The van der Waals surface area contributed by atoms with Gasteiger partial charge in [0.05, 0.1) is 10.2 Å². The number of nitrogens with one attached hydrogen (secondary N) is 2. The zero-order valence-electron chi connectivity index (χ0n) is 15.4. The Hall–Kier alpha value is -2.07. The molecule has 0 saturated heterocycles. The zero-order chi connectivity index (χ0) is 17.8. The highest BCUT2D eigenvalue weighted by atomic mass is 32.1. The lowest BCUT2D eigenvalue weighted by Crippen LogP contribution is -2.22. The molecule has 0 unspecified atom stereocenters. The van der Waals surface area contributed by atoms with Crippen molar-refractivity contribution in [3.63, 3.8) is 0 Å². The lowest BCUT2D eigenvalue weighted by atomic mass is 9.89. The topological polar surface area (TPSA) is 37.0 Å². The van der Waals surface area contributed by atoms with Crippen LogP contribution in [0.1, 0.15) is 38.2 Å². The molecule has 0 radical (unpaired) electrons.